The van der Waals surface area contributed by atoms with Crippen molar-refractivity contribution < 1.29 is 8.42 Å². The summed E-state index contributed by atoms with van der Waals surface area (Å²) in [7, 11) is -3.53. The Morgan fingerprint density at radius 1 is 1.44 bits per heavy atom. The quantitative estimate of drug-likeness (QED) is 0.786. The van der Waals surface area contributed by atoms with Gasteiger partial charge in [0.05, 0.1) is 0 Å². The van der Waals surface area contributed by atoms with Crippen LogP contribution in [-0.2, 0) is 10.0 Å². The minimum atomic E-state index is -3.53. The monoisotopic (exact) mass is 288 g/mol. The van der Waals surface area contributed by atoms with Crippen LogP contribution in [0, 0.1) is 5.92 Å². The van der Waals surface area contributed by atoms with E-state index in [1.54, 1.807) is 6.07 Å². The van der Waals surface area contributed by atoms with Crippen molar-refractivity contribution in [3.63, 3.8) is 0 Å². The molecular formula is C12H17ClN2O2S. The normalized spacial score (nSPS) is 26.2. The molecule has 6 heteroatoms. The van der Waals surface area contributed by atoms with Gasteiger partial charge in [0.15, 0.2) is 0 Å². The largest absolute Gasteiger partial charge is 0.246 e. The lowest BCUT2D eigenvalue weighted by molar-refractivity contribution is 0.220. The molecular weight excluding hydrogens is 272 g/mol. The Bertz CT molecular complexity index is 533. The minimum absolute atomic E-state index is 0.00928. The molecule has 2 unspecified atom stereocenters. The molecule has 0 N–H and O–H groups in total. The lowest BCUT2D eigenvalue weighted by Crippen LogP contribution is -2.44. The summed E-state index contributed by atoms with van der Waals surface area (Å²) in [6.45, 7) is 4.64. The Labute approximate surface area is 113 Å². The van der Waals surface area contributed by atoms with Crippen LogP contribution < -0.4 is 0 Å². The van der Waals surface area contributed by atoms with E-state index >= 15 is 0 Å². The summed E-state index contributed by atoms with van der Waals surface area (Å²) in [6, 6.07) is 3.11. The summed E-state index contributed by atoms with van der Waals surface area (Å²) < 4.78 is 26.6. The molecule has 18 heavy (non-hydrogen) atoms. The zero-order valence-corrected chi connectivity index (χ0v) is 12.1. The number of piperidine rings is 1. The third-order valence-corrected chi connectivity index (χ3v) is 5.85. The van der Waals surface area contributed by atoms with Crippen LogP contribution in [0.15, 0.2) is 23.2 Å². The van der Waals surface area contributed by atoms with Gasteiger partial charge < -0.3 is 0 Å². The van der Waals surface area contributed by atoms with Crippen LogP contribution in [0.1, 0.15) is 26.7 Å². The molecule has 1 aliphatic rings. The van der Waals surface area contributed by atoms with Crippen LogP contribution in [-0.4, -0.2) is 30.3 Å². The van der Waals surface area contributed by atoms with Gasteiger partial charge in [0.25, 0.3) is 0 Å². The second kappa shape index (κ2) is 5.15. The first-order chi connectivity index (χ1) is 8.43. The summed E-state index contributed by atoms with van der Waals surface area (Å²) >= 11 is 5.89. The molecule has 2 heterocycles. The highest BCUT2D eigenvalue weighted by Crippen LogP contribution is 2.30. The average Bonchev–Trinajstić information content (AvgIpc) is 2.28. The number of nitrogens with zero attached hydrogens (tertiary/aromatic N) is 2. The van der Waals surface area contributed by atoms with E-state index in [1.165, 1.54) is 16.6 Å². The number of aromatic nitrogens is 1. The van der Waals surface area contributed by atoms with Gasteiger partial charge in [0.1, 0.15) is 10.0 Å². The zero-order chi connectivity index (χ0) is 13.3. The number of halogens is 1. The molecule has 0 bridgehead atoms. The van der Waals surface area contributed by atoms with Crippen molar-refractivity contribution in [3.8, 4) is 0 Å². The van der Waals surface area contributed by atoms with Crippen molar-refractivity contribution in [2.75, 3.05) is 6.54 Å². The van der Waals surface area contributed by atoms with E-state index in [4.69, 9.17) is 11.6 Å². The van der Waals surface area contributed by atoms with E-state index < -0.39 is 10.0 Å². The maximum atomic E-state index is 12.5. The summed E-state index contributed by atoms with van der Waals surface area (Å²) in [4.78, 5) is 3.94. The molecule has 1 aromatic rings. The molecule has 1 aromatic heterocycles. The van der Waals surface area contributed by atoms with E-state index in [-0.39, 0.29) is 16.1 Å². The van der Waals surface area contributed by atoms with E-state index in [9.17, 15) is 8.42 Å². The summed E-state index contributed by atoms with van der Waals surface area (Å²) in [5.74, 6) is 0.566. The van der Waals surface area contributed by atoms with Gasteiger partial charge in [-0.3, -0.25) is 0 Å². The standard InChI is InChI=1S/C12H17ClN2O2S/c1-9-5-7-15(10(2)8-9)18(16,17)11-4-3-6-14-12(11)13/h3-4,6,9-10H,5,7-8H2,1-2H3. The van der Waals surface area contributed by atoms with Crippen molar-refractivity contribution in [1.29, 1.82) is 0 Å². The molecule has 1 saturated heterocycles. The zero-order valence-electron chi connectivity index (χ0n) is 10.5. The first kappa shape index (κ1) is 13.8. The average molecular weight is 289 g/mol. The molecule has 1 fully saturated rings. The molecule has 0 saturated carbocycles. The summed E-state index contributed by atoms with van der Waals surface area (Å²) in [5, 5.41) is 0.0447. The Morgan fingerprint density at radius 2 is 2.17 bits per heavy atom. The van der Waals surface area contributed by atoms with E-state index in [0.29, 0.717) is 12.5 Å². The van der Waals surface area contributed by atoms with Crippen molar-refractivity contribution in [2.24, 2.45) is 5.92 Å². The molecule has 100 valence electrons. The van der Waals surface area contributed by atoms with Crippen molar-refractivity contribution >= 4 is 21.6 Å². The Morgan fingerprint density at radius 3 is 2.78 bits per heavy atom. The van der Waals surface area contributed by atoms with Crippen LogP contribution >= 0.6 is 11.6 Å². The lowest BCUT2D eigenvalue weighted by atomic mass is 9.95. The number of pyridine rings is 1. The fourth-order valence-corrected chi connectivity index (χ4v) is 4.52. The first-order valence-electron chi connectivity index (χ1n) is 6.05. The van der Waals surface area contributed by atoms with Gasteiger partial charge in [-0.05, 0) is 37.8 Å². The molecule has 0 radical (unpaired) electrons. The number of sulfonamides is 1. The molecule has 4 nitrogen and oxygen atoms in total. The second-order valence-electron chi connectivity index (χ2n) is 4.89. The number of rotatable bonds is 2. The number of hydrogen-bond acceptors (Lipinski definition) is 3. The predicted octanol–water partition coefficient (Wildman–Crippen LogP) is 2.54. The van der Waals surface area contributed by atoms with Crippen LogP contribution in [0.4, 0.5) is 0 Å². The second-order valence-corrected chi connectivity index (χ2v) is 7.10. The highest BCUT2D eigenvalue weighted by Gasteiger charge is 2.34. The third kappa shape index (κ3) is 2.53. The smallest absolute Gasteiger partial charge is 0.243 e. The molecule has 0 aliphatic carbocycles. The molecule has 0 amide bonds. The topological polar surface area (TPSA) is 50.3 Å². The molecule has 1 aliphatic heterocycles. The van der Waals surface area contributed by atoms with Gasteiger partial charge in [0.2, 0.25) is 10.0 Å². The highest BCUT2D eigenvalue weighted by molar-refractivity contribution is 7.89. The number of hydrogen-bond donors (Lipinski definition) is 0. The lowest BCUT2D eigenvalue weighted by Gasteiger charge is -2.35. The summed E-state index contributed by atoms with van der Waals surface area (Å²) in [6.07, 6.45) is 3.27. The van der Waals surface area contributed by atoms with Crippen LogP contribution in [0.5, 0.6) is 0 Å². The first-order valence-corrected chi connectivity index (χ1v) is 7.87. The van der Waals surface area contributed by atoms with E-state index in [2.05, 4.69) is 11.9 Å². The fourth-order valence-electron chi connectivity index (χ4n) is 2.43. The predicted molar refractivity (Wildman–Crippen MR) is 71.0 cm³/mol. The van der Waals surface area contributed by atoms with Gasteiger partial charge in [-0.15, -0.1) is 0 Å². The molecule has 2 atom stereocenters. The maximum Gasteiger partial charge on any atom is 0.246 e. The molecule has 0 spiro atoms. The Hall–Kier alpha value is -0.650. The van der Waals surface area contributed by atoms with Gasteiger partial charge in [-0.1, -0.05) is 18.5 Å². The van der Waals surface area contributed by atoms with E-state index in [1.807, 2.05) is 6.92 Å². The Balaban J connectivity index is 2.35. The SMILES string of the molecule is CC1CCN(S(=O)(=O)c2cccnc2Cl)C(C)C1. The maximum absolute atomic E-state index is 12.5. The van der Waals surface area contributed by atoms with Crippen molar-refractivity contribution in [1.82, 2.24) is 9.29 Å². The van der Waals surface area contributed by atoms with E-state index in [0.717, 1.165) is 12.8 Å². The van der Waals surface area contributed by atoms with Crippen molar-refractivity contribution in [3.05, 3.63) is 23.5 Å². The molecule has 0 aromatic carbocycles. The van der Waals surface area contributed by atoms with Gasteiger partial charge in [-0.2, -0.15) is 4.31 Å². The van der Waals surface area contributed by atoms with Crippen LogP contribution in [0.3, 0.4) is 0 Å². The third-order valence-electron chi connectivity index (χ3n) is 3.39. The summed E-state index contributed by atoms with van der Waals surface area (Å²) in [5.41, 5.74) is 0. The fraction of sp³-hybridized carbons (Fsp3) is 0.583. The minimum Gasteiger partial charge on any atom is -0.243 e. The Kier molecular flexibility index (Phi) is 3.94. The van der Waals surface area contributed by atoms with Crippen LogP contribution in [0.25, 0.3) is 0 Å². The highest BCUT2D eigenvalue weighted by atomic mass is 35.5. The van der Waals surface area contributed by atoms with Gasteiger partial charge in [0, 0.05) is 18.8 Å². The van der Waals surface area contributed by atoms with Gasteiger partial charge in [-0.25, -0.2) is 13.4 Å². The van der Waals surface area contributed by atoms with Crippen LogP contribution in [0.2, 0.25) is 5.15 Å². The van der Waals surface area contributed by atoms with Crippen molar-refractivity contribution in [2.45, 2.75) is 37.6 Å². The van der Waals surface area contributed by atoms with Gasteiger partial charge >= 0.3 is 0 Å². The molecule has 2 rings (SSSR count).